The number of carboxylic acids is 1. The Morgan fingerprint density at radius 3 is 2.19 bits per heavy atom. The Morgan fingerprint density at radius 1 is 1.00 bits per heavy atom. The number of carboxylic acid groups (broad SMARTS) is 1. The standard InChI is InChI=1S/C22H24F3N3O3.ClH/c23-22(24,25)14-7-10-18(27-15-8-5-13(12-26)6-9-15)19(11-14)28-20(29)16-3-1-2-4-17(16)21(30)31;/h5-11,16-17,27H,1-4,12,26H2,(H,28,29)(H,30,31);1H/t16-,17-;/m0./s1. The Morgan fingerprint density at radius 2 is 1.62 bits per heavy atom. The minimum absolute atomic E-state index is 0. The first-order chi connectivity index (χ1) is 14.7. The highest BCUT2D eigenvalue weighted by Gasteiger charge is 2.36. The quantitative estimate of drug-likeness (QED) is 0.505. The van der Waals surface area contributed by atoms with Crippen molar-refractivity contribution in [1.29, 1.82) is 0 Å². The smallest absolute Gasteiger partial charge is 0.416 e. The van der Waals surface area contributed by atoms with Crippen LogP contribution in [0.25, 0.3) is 0 Å². The van der Waals surface area contributed by atoms with E-state index in [1.165, 1.54) is 6.07 Å². The molecule has 0 spiro atoms. The van der Waals surface area contributed by atoms with Crippen LogP contribution in [-0.2, 0) is 22.3 Å². The lowest BCUT2D eigenvalue weighted by Gasteiger charge is -2.28. The van der Waals surface area contributed by atoms with E-state index in [0.717, 1.165) is 17.7 Å². The van der Waals surface area contributed by atoms with Gasteiger partial charge in [-0.25, -0.2) is 0 Å². The minimum atomic E-state index is -4.58. The average molecular weight is 472 g/mol. The number of carbonyl (C=O) groups excluding carboxylic acids is 1. The lowest BCUT2D eigenvalue weighted by molar-refractivity contribution is -0.386. The van der Waals surface area contributed by atoms with Crippen molar-refractivity contribution in [2.45, 2.75) is 38.4 Å². The summed E-state index contributed by atoms with van der Waals surface area (Å²) in [4.78, 5) is 24.4. The normalized spacial score (nSPS) is 18.4. The molecule has 10 heteroatoms. The van der Waals surface area contributed by atoms with Crippen molar-refractivity contribution in [2.24, 2.45) is 11.8 Å². The molecule has 2 aromatic carbocycles. The molecule has 6 nitrogen and oxygen atoms in total. The summed E-state index contributed by atoms with van der Waals surface area (Å²) in [6.45, 7) is 0.605. The molecule has 0 aromatic heterocycles. The molecule has 0 aliphatic heterocycles. The molecule has 1 aliphatic rings. The number of aliphatic carboxylic acids is 1. The van der Waals surface area contributed by atoms with Gasteiger partial charge in [-0.1, -0.05) is 25.0 Å². The largest absolute Gasteiger partial charge is 1.00 e. The molecule has 32 heavy (non-hydrogen) atoms. The lowest BCUT2D eigenvalue weighted by atomic mass is 9.78. The number of nitrogens with one attached hydrogen (secondary N) is 2. The Labute approximate surface area is 189 Å². The van der Waals surface area contributed by atoms with E-state index in [-0.39, 0.29) is 23.8 Å². The van der Waals surface area contributed by atoms with Crippen LogP contribution in [0.15, 0.2) is 42.5 Å². The van der Waals surface area contributed by atoms with Crippen molar-refractivity contribution >= 4 is 28.9 Å². The van der Waals surface area contributed by atoms with Crippen LogP contribution >= 0.6 is 0 Å². The Hall–Kier alpha value is -2.78. The second-order valence-electron chi connectivity index (χ2n) is 7.65. The van der Waals surface area contributed by atoms with Crippen molar-refractivity contribution in [3.8, 4) is 0 Å². The first-order valence-corrected chi connectivity index (χ1v) is 10.1. The van der Waals surface area contributed by atoms with Gasteiger partial charge in [0, 0.05) is 11.3 Å². The van der Waals surface area contributed by atoms with E-state index >= 15 is 0 Å². The van der Waals surface area contributed by atoms with Gasteiger partial charge in [0.25, 0.3) is 0 Å². The van der Waals surface area contributed by atoms with E-state index < -0.39 is 35.5 Å². The minimum Gasteiger partial charge on any atom is -1.00 e. The zero-order valence-corrected chi connectivity index (χ0v) is 18.0. The van der Waals surface area contributed by atoms with E-state index in [9.17, 15) is 27.9 Å². The number of benzene rings is 2. The number of quaternary nitrogens is 1. The summed E-state index contributed by atoms with van der Waals surface area (Å²) in [5, 5.41) is 15.0. The zero-order chi connectivity index (χ0) is 22.6. The maximum absolute atomic E-state index is 13.3. The maximum Gasteiger partial charge on any atom is 0.416 e. The number of halogens is 4. The Bertz CT molecular complexity index is 952. The van der Waals surface area contributed by atoms with Gasteiger partial charge in [-0.15, -0.1) is 0 Å². The molecule has 0 radical (unpaired) electrons. The van der Waals surface area contributed by atoms with Gasteiger partial charge < -0.3 is 33.9 Å². The van der Waals surface area contributed by atoms with Gasteiger partial charge in [0.05, 0.1) is 35.3 Å². The molecule has 0 saturated heterocycles. The van der Waals surface area contributed by atoms with Gasteiger partial charge in [0.2, 0.25) is 5.91 Å². The lowest BCUT2D eigenvalue weighted by Crippen LogP contribution is -3.00. The Kier molecular flexibility index (Phi) is 8.51. The molecule has 0 unspecified atom stereocenters. The highest BCUT2D eigenvalue weighted by atomic mass is 35.5. The molecular formula is C22H25ClF3N3O3. The average Bonchev–Trinajstić information content (AvgIpc) is 2.74. The van der Waals surface area contributed by atoms with Gasteiger partial charge in [0.15, 0.2) is 0 Å². The molecule has 3 rings (SSSR count). The third-order valence-electron chi connectivity index (χ3n) is 5.55. The molecule has 2 aromatic rings. The van der Waals surface area contributed by atoms with Gasteiger partial charge in [-0.05, 0) is 43.2 Å². The first-order valence-electron chi connectivity index (χ1n) is 10.1. The van der Waals surface area contributed by atoms with Crippen LogP contribution in [0.1, 0.15) is 36.8 Å². The van der Waals surface area contributed by atoms with Crippen molar-refractivity contribution < 1.29 is 46.0 Å². The van der Waals surface area contributed by atoms with Crippen LogP contribution in [0.3, 0.4) is 0 Å². The van der Waals surface area contributed by atoms with Crippen LogP contribution in [0.5, 0.6) is 0 Å². The number of hydrogen-bond acceptors (Lipinski definition) is 3. The number of rotatable bonds is 6. The topological polar surface area (TPSA) is 106 Å². The number of alkyl halides is 3. The highest BCUT2D eigenvalue weighted by Crippen LogP contribution is 2.37. The number of amides is 1. The van der Waals surface area contributed by atoms with Crippen molar-refractivity contribution in [2.75, 3.05) is 10.6 Å². The summed E-state index contributed by atoms with van der Waals surface area (Å²) < 4.78 is 39.8. The highest BCUT2D eigenvalue weighted by molar-refractivity contribution is 5.98. The van der Waals surface area contributed by atoms with Gasteiger partial charge in [-0.3, -0.25) is 9.59 Å². The second kappa shape index (κ2) is 10.7. The number of carbonyl (C=O) groups is 2. The second-order valence-corrected chi connectivity index (χ2v) is 7.65. The summed E-state index contributed by atoms with van der Waals surface area (Å²) in [6.07, 6.45) is -2.41. The van der Waals surface area contributed by atoms with E-state index in [1.54, 1.807) is 12.1 Å². The third-order valence-corrected chi connectivity index (χ3v) is 5.55. The SMILES string of the molecule is [Cl-].[NH3+]Cc1ccc(Nc2ccc(C(F)(F)F)cc2NC(=O)[C@H]2CCCC[C@@H]2C(=O)O)cc1. The fourth-order valence-electron chi connectivity index (χ4n) is 3.81. The predicted octanol–water partition coefficient (Wildman–Crippen LogP) is 1.02. The zero-order valence-electron chi connectivity index (χ0n) is 17.2. The molecule has 6 N–H and O–H groups in total. The van der Waals surface area contributed by atoms with Gasteiger partial charge in [0.1, 0.15) is 0 Å². The summed E-state index contributed by atoms with van der Waals surface area (Å²) in [6, 6.07) is 10.3. The summed E-state index contributed by atoms with van der Waals surface area (Å²) in [5.41, 5.74) is 4.77. The van der Waals surface area contributed by atoms with Crippen LogP contribution < -0.4 is 28.8 Å². The third kappa shape index (κ3) is 6.14. The maximum atomic E-state index is 13.3. The monoisotopic (exact) mass is 471 g/mol. The molecule has 174 valence electrons. The molecular weight excluding hydrogens is 447 g/mol. The van der Waals surface area contributed by atoms with E-state index in [4.69, 9.17) is 0 Å². The van der Waals surface area contributed by atoms with Crippen molar-refractivity contribution in [1.82, 2.24) is 0 Å². The molecule has 0 bridgehead atoms. The van der Waals surface area contributed by atoms with Crippen LogP contribution in [0.2, 0.25) is 0 Å². The number of anilines is 3. The molecule has 1 fully saturated rings. The molecule has 1 aliphatic carbocycles. The molecule has 1 amide bonds. The van der Waals surface area contributed by atoms with E-state index in [2.05, 4.69) is 16.4 Å². The summed E-state index contributed by atoms with van der Waals surface area (Å²) >= 11 is 0. The van der Waals surface area contributed by atoms with Crippen LogP contribution in [0, 0.1) is 11.8 Å². The molecule has 1 saturated carbocycles. The van der Waals surface area contributed by atoms with E-state index in [0.29, 0.717) is 37.9 Å². The van der Waals surface area contributed by atoms with E-state index in [1.807, 2.05) is 12.1 Å². The number of hydrogen-bond donors (Lipinski definition) is 4. The van der Waals surface area contributed by atoms with Crippen LogP contribution in [-0.4, -0.2) is 17.0 Å². The fourth-order valence-corrected chi connectivity index (χ4v) is 3.81. The molecule has 0 heterocycles. The summed E-state index contributed by atoms with van der Waals surface area (Å²) in [7, 11) is 0. The first kappa shape index (κ1) is 25.5. The van der Waals surface area contributed by atoms with Crippen LogP contribution in [0.4, 0.5) is 30.2 Å². The summed E-state index contributed by atoms with van der Waals surface area (Å²) in [5.74, 6) is -3.27. The van der Waals surface area contributed by atoms with Crippen molar-refractivity contribution in [3.63, 3.8) is 0 Å². The fraction of sp³-hybridized carbons (Fsp3) is 0.364. The molecule has 2 atom stereocenters. The predicted molar refractivity (Wildman–Crippen MR) is 109 cm³/mol. The van der Waals surface area contributed by atoms with Crippen molar-refractivity contribution in [3.05, 3.63) is 53.6 Å². The Balaban J connectivity index is 0.00000363. The van der Waals surface area contributed by atoms with Gasteiger partial charge in [-0.2, -0.15) is 13.2 Å². The van der Waals surface area contributed by atoms with Gasteiger partial charge >= 0.3 is 12.1 Å².